The van der Waals surface area contributed by atoms with Crippen molar-refractivity contribution in [2.45, 2.75) is 19.8 Å². The van der Waals surface area contributed by atoms with Crippen molar-refractivity contribution >= 4 is 5.78 Å². The lowest BCUT2D eigenvalue weighted by molar-refractivity contribution is 0.0895. The van der Waals surface area contributed by atoms with E-state index in [9.17, 15) is 4.79 Å². The Bertz CT molecular complexity index is 886. The van der Waals surface area contributed by atoms with Gasteiger partial charge in [-0.15, -0.1) is 0 Å². The van der Waals surface area contributed by atoms with Crippen molar-refractivity contribution < 1.29 is 23.7 Å². The van der Waals surface area contributed by atoms with Crippen LogP contribution in [0.1, 0.15) is 41.3 Å². The fourth-order valence-electron chi connectivity index (χ4n) is 4.20. The Kier molecular flexibility index (Phi) is 3.02. The molecule has 2 atom stereocenters. The van der Waals surface area contributed by atoms with E-state index in [1.807, 2.05) is 30.3 Å². The van der Waals surface area contributed by atoms with Gasteiger partial charge >= 0.3 is 0 Å². The molecule has 25 heavy (non-hydrogen) atoms. The van der Waals surface area contributed by atoms with Gasteiger partial charge in [0.2, 0.25) is 13.6 Å². The van der Waals surface area contributed by atoms with Gasteiger partial charge in [-0.25, -0.2) is 0 Å². The molecule has 2 heterocycles. The maximum atomic E-state index is 13.1. The maximum Gasteiger partial charge on any atom is 0.231 e. The summed E-state index contributed by atoms with van der Waals surface area (Å²) in [5.74, 6) is 3.05. The fourth-order valence-corrected chi connectivity index (χ4v) is 4.20. The highest BCUT2D eigenvalue weighted by molar-refractivity contribution is 6.05. The summed E-state index contributed by atoms with van der Waals surface area (Å²) in [6.45, 7) is 4.61. The molecular weight excluding hydrogens is 320 g/mol. The zero-order valence-electron chi connectivity index (χ0n) is 14.1. The summed E-state index contributed by atoms with van der Waals surface area (Å²) in [7, 11) is 0. The number of rotatable bonds is 2. The van der Waals surface area contributed by atoms with Crippen molar-refractivity contribution in [1.82, 2.24) is 0 Å². The van der Waals surface area contributed by atoms with Gasteiger partial charge in [-0.1, -0.05) is 19.9 Å². The standard InChI is InChI=1S/C20H18O5/c1-10(2)16-17(11-3-5-13-15(7-11)24-8-22-13)18-12(19(16)21)4-6-14-20(18)25-9-23-14/h3-7,10,16-17H,8-9H2,1-2H3. The van der Waals surface area contributed by atoms with Gasteiger partial charge in [-0.3, -0.25) is 4.79 Å². The number of ketones is 1. The number of benzene rings is 2. The summed E-state index contributed by atoms with van der Waals surface area (Å²) < 4.78 is 22.2. The number of hydrogen-bond donors (Lipinski definition) is 0. The van der Waals surface area contributed by atoms with Crippen LogP contribution in [0.3, 0.4) is 0 Å². The molecule has 5 nitrogen and oxygen atoms in total. The van der Waals surface area contributed by atoms with Crippen LogP contribution in [0.25, 0.3) is 0 Å². The van der Waals surface area contributed by atoms with Crippen LogP contribution < -0.4 is 18.9 Å². The van der Waals surface area contributed by atoms with Crippen LogP contribution >= 0.6 is 0 Å². The molecule has 3 aliphatic rings. The van der Waals surface area contributed by atoms with Crippen molar-refractivity contribution in [3.05, 3.63) is 47.0 Å². The van der Waals surface area contributed by atoms with Crippen LogP contribution in [-0.4, -0.2) is 19.4 Å². The van der Waals surface area contributed by atoms with E-state index in [0.717, 1.165) is 28.2 Å². The first-order valence-corrected chi connectivity index (χ1v) is 8.51. The van der Waals surface area contributed by atoms with E-state index in [4.69, 9.17) is 18.9 Å². The van der Waals surface area contributed by atoms with E-state index >= 15 is 0 Å². The lowest BCUT2D eigenvalue weighted by atomic mass is 9.79. The van der Waals surface area contributed by atoms with E-state index in [1.165, 1.54) is 0 Å². The molecule has 0 bridgehead atoms. The summed E-state index contributed by atoms with van der Waals surface area (Å²) in [6, 6.07) is 9.62. The smallest absolute Gasteiger partial charge is 0.231 e. The van der Waals surface area contributed by atoms with Crippen LogP contribution in [0.4, 0.5) is 0 Å². The van der Waals surface area contributed by atoms with Crippen molar-refractivity contribution in [1.29, 1.82) is 0 Å². The van der Waals surface area contributed by atoms with E-state index in [0.29, 0.717) is 11.5 Å². The summed E-state index contributed by atoms with van der Waals surface area (Å²) in [5, 5.41) is 0. The second kappa shape index (κ2) is 5.15. The van der Waals surface area contributed by atoms with E-state index in [-0.39, 0.29) is 37.1 Å². The minimum absolute atomic E-state index is 0.0753. The van der Waals surface area contributed by atoms with Crippen LogP contribution in [-0.2, 0) is 0 Å². The second-order valence-electron chi connectivity index (χ2n) is 6.99. The summed E-state index contributed by atoms with van der Waals surface area (Å²) in [4.78, 5) is 13.1. The molecule has 0 spiro atoms. The number of ether oxygens (including phenoxy) is 4. The first kappa shape index (κ1) is 14.6. The normalized spacial score (nSPS) is 22.6. The third-order valence-electron chi connectivity index (χ3n) is 5.29. The molecular formula is C20H18O5. The van der Waals surface area contributed by atoms with Gasteiger partial charge in [0.15, 0.2) is 28.8 Å². The van der Waals surface area contributed by atoms with Crippen molar-refractivity contribution in [2.24, 2.45) is 11.8 Å². The first-order valence-electron chi connectivity index (χ1n) is 8.51. The number of fused-ring (bicyclic) bond motifs is 4. The third kappa shape index (κ3) is 1.98. The van der Waals surface area contributed by atoms with E-state index < -0.39 is 0 Å². The highest BCUT2D eigenvalue weighted by Gasteiger charge is 2.45. The summed E-state index contributed by atoms with van der Waals surface area (Å²) in [6.07, 6.45) is 0. The highest BCUT2D eigenvalue weighted by atomic mass is 16.7. The molecule has 2 aromatic rings. The van der Waals surface area contributed by atoms with Gasteiger partial charge in [0, 0.05) is 23.0 Å². The average molecular weight is 338 g/mol. The van der Waals surface area contributed by atoms with Crippen LogP contribution in [0.5, 0.6) is 23.0 Å². The quantitative estimate of drug-likeness (QED) is 0.835. The van der Waals surface area contributed by atoms with Gasteiger partial charge in [0.05, 0.1) is 0 Å². The summed E-state index contributed by atoms with van der Waals surface area (Å²) in [5.41, 5.74) is 2.72. The molecule has 5 heteroatoms. The van der Waals surface area contributed by atoms with Crippen LogP contribution in [0.15, 0.2) is 30.3 Å². The first-order chi connectivity index (χ1) is 12.1. The number of carbonyl (C=O) groups is 1. The molecule has 2 aliphatic heterocycles. The number of carbonyl (C=O) groups excluding carboxylic acids is 1. The lowest BCUT2D eigenvalue weighted by Gasteiger charge is -2.23. The molecule has 0 saturated carbocycles. The highest BCUT2D eigenvalue weighted by Crippen LogP contribution is 2.54. The largest absolute Gasteiger partial charge is 0.454 e. The van der Waals surface area contributed by atoms with E-state index in [2.05, 4.69) is 13.8 Å². The molecule has 0 N–H and O–H groups in total. The molecule has 5 rings (SSSR count). The predicted octanol–water partition coefficient (Wildman–Crippen LogP) is 3.74. The molecule has 2 aromatic carbocycles. The minimum Gasteiger partial charge on any atom is -0.454 e. The molecule has 0 aromatic heterocycles. The number of Topliss-reactive ketones (excluding diaryl/α,β-unsaturated/α-hetero) is 1. The number of hydrogen-bond acceptors (Lipinski definition) is 5. The molecule has 0 saturated heterocycles. The Morgan fingerprint density at radius 2 is 1.64 bits per heavy atom. The Hall–Kier alpha value is -2.69. The average Bonchev–Trinajstić information content (AvgIpc) is 3.30. The molecule has 0 radical (unpaired) electrons. The van der Waals surface area contributed by atoms with Gasteiger partial charge in [-0.2, -0.15) is 0 Å². The van der Waals surface area contributed by atoms with Crippen LogP contribution in [0, 0.1) is 11.8 Å². The Morgan fingerprint density at radius 1 is 0.920 bits per heavy atom. The van der Waals surface area contributed by atoms with Gasteiger partial charge in [-0.05, 0) is 35.7 Å². The summed E-state index contributed by atoms with van der Waals surface area (Å²) >= 11 is 0. The lowest BCUT2D eigenvalue weighted by Crippen LogP contribution is -2.20. The second-order valence-corrected chi connectivity index (χ2v) is 6.99. The minimum atomic E-state index is -0.133. The third-order valence-corrected chi connectivity index (χ3v) is 5.29. The van der Waals surface area contributed by atoms with Crippen LogP contribution in [0.2, 0.25) is 0 Å². The molecule has 0 amide bonds. The fraction of sp³-hybridized carbons (Fsp3) is 0.350. The van der Waals surface area contributed by atoms with Crippen molar-refractivity contribution in [3.8, 4) is 23.0 Å². The monoisotopic (exact) mass is 338 g/mol. The molecule has 1 aliphatic carbocycles. The van der Waals surface area contributed by atoms with Gasteiger partial charge in [0.1, 0.15) is 0 Å². The maximum absolute atomic E-state index is 13.1. The predicted molar refractivity (Wildman–Crippen MR) is 89.6 cm³/mol. The molecule has 2 unspecified atom stereocenters. The molecule has 0 fully saturated rings. The Balaban J connectivity index is 1.72. The zero-order valence-corrected chi connectivity index (χ0v) is 14.1. The van der Waals surface area contributed by atoms with Crippen molar-refractivity contribution in [2.75, 3.05) is 13.6 Å². The topological polar surface area (TPSA) is 54.0 Å². The molecule has 128 valence electrons. The van der Waals surface area contributed by atoms with Gasteiger partial charge < -0.3 is 18.9 Å². The van der Waals surface area contributed by atoms with E-state index in [1.54, 1.807) is 0 Å². The van der Waals surface area contributed by atoms with Crippen molar-refractivity contribution in [3.63, 3.8) is 0 Å². The Morgan fingerprint density at radius 3 is 2.48 bits per heavy atom. The Labute approximate surface area is 145 Å². The van der Waals surface area contributed by atoms with Gasteiger partial charge in [0.25, 0.3) is 0 Å². The zero-order chi connectivity index (χ0) is 17.1. The SMILES string of the molecule is CC(C)C1C(=O)c2ccc3c(c2C1c1ccc2c(c1)OCO2)OCO3.